The molecule has 1 heterocycles. The van der Waals surface area contributed by atoms with Crippen LogP contribution in [0, 0.1) is 6.92 Å². The lowest BCUT2D eigenvalue weighted by Gasteiger charge is -2.15. The Morgan fingerprint density at radius 2 is 1.86 bits per heavy atom. The summed E-state index contributed by atoms with van der Waals surface area (Å²) in [6.07, 6.45) is 0. The fraction of sp³-hybridized carbons (Fsp3) is 0.700. The maximum Gasteiger partial charge on any atom is 0.148 e. The van der Waals surface area contributed by atoms with Crippen molar-refractivity contribution in [2.24, 2.45) is 0 Å². The summed E-state index contributed by atoms with van der Waals surface area (Å²) < 4.78 is 1.94. The van der Waals surface area contributed by atoms with Crippen LogP contribution in [0.1, 0.15) is 39.4 Å². The number of nitrogens with zero attached hydrogens (tertiary/aromatic N) is 2. The molecule has 0 aliphatic rings. The van der Waals surface area contributed by atoms with Crippen LogP contribution in [0.2, 0.25) is 0 Å². The summed E-state index contributed by atoms with van der Waals surface area (Å²) in [5, 5.41) is 7.71. The molecule has 0 aliphatic heterocycles. The lowest BCUT2D eigenvalue weighted by atomic mass is 10.3. The minimum absolute atomic E-state index is 0.326. The van der Waals surface area contributed by atoms with E-state index in [1.807, 2.05) is 11.6 Å². The molecule has 0 bridgehead atoms. The van der Waals surface area contributed by atoms with Gasteiger partial charge in [0.05, 0.1) is 11.4 Å². The van der Waals surface area contributed by atoms with E-state index in [9.17, 15) is 0 Å². The third kappa shape index (κ3) is 2.00. The van der Waals surface area contributed by atoms with Gasteiger partial charge in [0.25, 0.3) is 0 Å². The summed E-state index contributed by atoms with van der Waals surface area (Å²) in [6, 6.07) is 0.693. The molecule has 0 spiro atoms. The Balaban J connectivity index is 3.10. The van der Waals surface area contributed by atoms with Crippen molar-refractivity contribution in [3.8, 4) is 0 Å². The van der Waals surface area contributed by atoms with Gasteiger partial charge in [-0.3, -0.25) is 0 Å². The molecule has 0 aliphatic carbocycles. The average Bonchev–Trinajstić information content (AvgIpc) is 2.32. The first kappa shape index (κ1) is 10.9. The smallest absolute Gasteiger partial charge is 0.148 e. The molecule has 1 aromatic heterocycles. The lowest BCUT2D eigenvalue weighted by Crippen LogP contribution is -2.16. The summed E-state index contributed by atoms with van der Waals surface area (Å²) in [5.41, 5.74) is 7.59. The van der Waals surface area contributed by atoms with Gasteiger partial charge in [-0.25, -0.2) is 4.68 Å². The van der Waals surface area contributed by atoms with Crippen molar-refractivity contribution in [3.05, 3.63) is 5.69 Å². The van der Waals surface area contributed by atoms with Gasteiger partial charge in [-0.05, 0) is 34.6 Å². The fourth-order valence-corrected chi connectivity index (χ4v) is 1.35. The number of aryl methyl sites for hydroxylation is 1. The van der Waals surface area contributed by atoms with Crippen LogP contribution in [0.25, 0.3) is 0 Å². The Kier molecular flexibility index (Phi) is 3.03. The Bertz CT molecular complexity index is 312. The maximum absolute atomic E-state index is 5.94. The summed E-state index contributed by atoms with van der Waals surface area (Å²) in [7, 11) is 0. The number of rotatable bonds is 3. The normalized spacial score (nSPS) is 11.4. The van der Waals surface area contributed by atoms with Crippen molar-refractivity contribution < 1.29 is 0 Å². The van der Waals surface area contributed by atoms with E-state index in [-0.39, 0.29) is 0 Å². The molecule has 0 radical (unpaired) electrons. The van der Waals surface area contributed by atoms with Gasteiger partial charge in [-0.15, -0.1) is 0 Å². The van der Waals surface area contributed by atoms with E-state index in [0.29, 0.717) is 12.1 Å². The van der Waals surface area contributed by atoms with Gasteiger partial charge in [0.2, 0.25) is 0 Å². The first-order valence-corrected chi connectivity index (χ1v) is 5.04. The first-order chi connectivity index (χ1) is 6.43. The number of nitrogens with two attached hydrogens (primary N) is 1. The topological polar surface area (TPSA) is 55.9 Å². The molecule has 4 nitrogen and oxygen atoms in total. The molecular formula is C10H20N4. The molecule has 0 saturated heterocycles. The van der Waals surface area contributed by atoms with Gasteiger partial charge in [-0.1, -0.05) is 0 Å². The van der Waals surface area contributed by atoms with Gasteiger partial charge >= 0.3 is 0 Å². The fourth-order valence-electron chi connectivity index (χ4n) is 1.35. The number of nitrogens with one attached hydrogen (secondary N) is 1. The molecule has 1 aromatic rings. The second-order valence-corrected chi connectivity index (χ2v) is 4.19. The van der Waals surface area contributed by atoms with E-state index in [0.717, 1.165) is 17.2 Å². The van der Waals surface area contributed by atoms with Crippen molar-refractivity contribution in [1.29, 1.82) is 0 Å². The third-order valence-corrected chi connectivity index (χ3v) is 2.05. The van der Waals surface area contributed by atoms with Crippen molar-refractivity contribution in [3.63, 3.8) is 0 Å². The Hall–Kier alpha value is -1.19. The van der Waals surface area contributed by atoms with Crippen LogP contribution in [0.4, 0.5) is 11.5 Å². The highest BCUT2D eigenvalue weighted by molar-refractivity contribution is 5.65. The number of nitrogen functional groups attached to an aromatic ring is 1. The Labute approximate surface area is 85.5 Å². The zero-order valence-corrected chi connectivity index (χ0v) is 9.63. The van der Waals surface area contributed by atoms with Crippen molar-refractivity contribution in [1.82, 2.24) is 9.78 Å². The zero-order valence-electron chi connectivity index (χ0n) is 9.63. The standard InChI is InChI=1S/C10H20N4/c1-6(2)12-10-9(11)8(5)13-14(10)7(3)4/h6-7,12H,11H2,1-5H3. The van der Waals surface area contributed by atoms with E-state index >= 15 is 0 Å². The molecule has 0 aromatic carbocycles. The lowest BCUT2D eigenvalue weighted by molar-refractivity contribution is 0.532. The van der Waals surface area contributed by atoms with Crippen LogP contribution in [0.3, 0.4) is 0 Å². The summed E-state index contributed by atoms with van der Waals surface area (Å²) in [5.74, 6) is 0.938. The van der Waals surface area contributed by atoms with Crippen LogP contribution >= 0.6 is 0 Å². The number of aromatic nitrogens is 2. The first-order valence-electron chi connectivity index (χ1n) is 5.04. The highest BCUT2D eigenvalue weighted by Crippen LogP contribution is 2.25. The highest BCUT2D eigenvalue weighted by atomic mass is 15.4. The van der Waals surface area contributed by atoms with Crippen molar-refractivity contribution in [2.75, 3.05) is 11.1 Å². The van der Waals surface area contributed by atoms with Gasteiger partial charge < -0.3 is 11.1 Å². The SMILES string of the molecule is Cc1nn(C(C)C)c(NC(C)C)c1N. The molecule has 1 rings (SSSR count). The quantitative estimate of drug-likeness (QED) is 0.779. The van der Waals surface area contributed by atoms with Crippen molar-refractivity contribution >= 4 is 11.5 Å². The van der Waals surface area contributed by atoms with E-state index in [1.165, 1.54) is 0 Å². The molecule has 0 unspecified atom stereocenters. The van der Waals surface area contributed by atoms with E-state index in [2.05, 4.69) is 38.1 Å². The van der Waals surface area contributed by atoms with E-state index in [1.54, 1.807) is 0 Å². The third-order valence-electron chi connectivity index (χ3n) is 2.05. The van der Waals surface area contributed by atoms with E-state index < -0.39 is 0 Å². The number of hydrogen-bond donors (Lipinski definition) is 2. The summed E-state index contributed by atoms with van der Waals surface area (Å²) >= 11 is 0. The Morgan fingerprint density at radius 3 is 2.29 bits per heavy atom. The van der Waals surface area contributed by atoms with Crippen LogP contribution in [0.5, 0.6) is 0 Å². The van der Waals surface area contributed by atoms with Crippen LogP contribution in [-0.4, -0.2) is 15.8 Å². The Morgan fingerprint density at radius 1 is 1.29 bits per heavy atom. The monoisotopic (exact) mass is 196 g/mol. The van der Waals surface area contributed by atoms with Crippen LogP contribution in [0.15, 0.2) is 0 Å². The second kappa shape index (κ2) is 3.90. The maximum atomic E-state index is 5.94. The van der Waals surface area contributed by atoms with Crippen LogP contribution in [-0.2, 0) is 0 Å². The number of hydrogen-bond acceptors (Lipinski definition) is 3. The highest BCUT2D eigenvalue weighted by Gasteiger charge is 2.14. The molecule has 4 heteroatoms. The van der Waals surface area contributed by atoms with E-state index in [4.69, 9.17) is 5.73 Å². The molecule has 80 valence electrons. The second-order valence-electron chi connectivity index (χ2n) is 4.19. The molecule has 3 N–H and O–H groups in total. The van der Waals surface area contributed by atoms with Gasteiger partial charge in [0, 0.05) is 12.1 Å². The minimum Gasteiger partial charge on any atom is -0.394 e. The molecule has 0 saturated carbocycles. The van der Waals surface area contributed by atoms with Gasteiger partial charge in [-0.2, -0.15) is 5.10 Å². The summed E-state index contributed by atoms with van der Waals surface area (Å²) in [4.78, 5) is 0. The van der Waals surface area contributed by atoms with Crippen LogP contribution < -0.4 is 11.1 Å². The molecule has 14 heavy (non-hydrogen) atoms. The van der Waals surface area contributed by atoms with Crippen molar-refractivity contribution in [2.45, 2.75) is 46.7 Å². The average molecular weight is 196 g/mol. The number of anilines is 2. The molecule has 0 fully saturated rings. The van der Waals surface area contributed by atoms with Gasteiger partial charge in [0.15, 0.2) is 0 Å². The zero-order chi connectivity index (χ0) is 10.9. The summed E-state index contributed by atoms with van der Waals surface area (Å²) in [6.45, 7) is 10.3. The minimum atomic E-state index is 0.326. The molecule has 0 atom stereocenters. The van der Waals surface area contributed by atoms with Gasteiger partial charge in [0.1, 0.15) is 5.82 Å². The predicted molar refractivity (Wildman–Crippen MR) is 60.5 cm³/mol. The molecular weight excluding hydrogens is 176 g/mol. The predicted octanol–water partition coefficient (Wildman–Crippen LogP) is 2.17. The largest absolute Gasteiger partial charge is 0.394 e. The molecule has 0 amide bonds.